The van der Waals surface area contributed by atoms with E-state index in [0.29, 0.717) is 12.1 Å². The minimum absolute atomic E-state index is 0.220. The molecule has 1 aromatic rings. The molecule has 114 valence electrons. The summed E-state index contributed by atoms with van der Waals surface area (Å²) < 4.78 is 0. The van der Waals surface area contributed by atoms with Crippen LogP contribution in [0.2, 0.25) is 0 Å². The minimum Gasteiger partial charge on any atom is -0.396 e. The summed E-state index contributed by atoms with van der Waals surface area (Å²) in [7, 11) is 0. The van der Waals surface area contributed by atoms with Gasteiger partial charge in [0.2, 0.25) is 0 Å². The lowest BCUT2D eigenvalue weighted by Crippen LogP contribution is -2.33. The number of pyridine rings is 1. The Balaban J connectivity index is 2.83. The first-order chi connectivity index (χ1) is 9.60. The van der Waals surface area contributed by atoms with Gasteiger partial charge < -0.3 is 15.3 Å². The molecule has 1 aromatic heterocycles. The van der Waals surface area contributed by atoms with Crippen LogP contribution in [0.1, 0.15) is 52.1 Å². The molecule has 2 N–H and O–H groups in total. The Morgan fingerprint density at radius 2 is 2.10 bits per heavy atom. The second kappa shape index (κ2) is 8.93. The number of hydrogen-bond acceptors (Lipinski definition) is 4. The Kier molecular flexibility index (Phi) is 7.55. The van der Waals surface area contributed by atoms with Gasteiger partial charge in [-0.15, -0.1) is 0 Å². The zero-order chi connectivity index (χ0) is 15.0. The van der Waals surface area contributed by atoms with Crippen molar-refractivity contribution in [3.8, 4) is 0 Å². The predicted molar refractivity (Wildman–Crippen MR) is 85.1 cm³/mol. The molecule has 0 saturated heterocycles. The molecule has 1 rings (SSSR count). The van der Waals surface area contributed by atoms with Crippen molar-refractivity contribution >= 4 is 5.82 Å². The van der Waals surface area contributed by atoms with Crippen LogP contribution in [0, 0.1) is 0 Å². The summed E-state index contributed by atoms with van der Waals surface area (Å²) in [5.74, 6) is 0.996. The molecule has 4 nitrogen and oxygen atoms in total. The Bertz CT molecular complexity index is 382. The molecule has 1 unspecified atom stereocenters. The van der Waals surface area contributed by atoms with Crippen molar-refractivity contribution in [3.63, 3.8) is 0 Å². The van der Waals surface area contributed by atoms with Crippen LogP contribution in [-0.4, -0.2) is 35.8 Å². The lowest BCUT2D eigenvalue weighted by Gasteiger charge is -2.28. The molecule has 20 heavy (non-hydrogen) atoms. The van der Waals surface area contributed by atoms with Crippen LogP contribution < -0.4 is 10.2 Å². The molecule has 4 heteroatoms. The fourth-order valence-corrected chi connectivity index (χ4v) is 2.22. The largest absolute Gasteiger partial charge is 0.396 e. The molecule has 0 aliphatic carbocycles. The number of aliphatic hydroxyl groups excluding tert-OH is 1. The molecule has 0 fully saturated rings. The molecular formula is C16H29N3O. The first kappa shape index (κ1) is 16.9. The molecule has 0 spiro atoms. The number of aromatic nitrogens is 1. The van der Waals surface area contributed by atoms with E-state index in [9.17, 15) is 0 Å². The maximum atomic E-state index is 9.03. The monoisotopic (exact) mass is 279 g/mol. The molecule has 0 radical (unpaired) electrons. The van der Waals surface area contributed by atoms with Crippen LogP contribution in [0.4, 0.5) is 5.82 Å². The third-order valence-corrected chi connectivity index (χ3v) is 3.44. The van der Waals surface area contributed by atoms with Crippen LogP contribution in [0.3, 0.4) is 0 Å². The third-order valence-electron chi connectivity index (χ3n) is 3.44. The van der Waals surface area contributed by atoms with Gasteiger partial charge in [-0.1, -0.05) is 6.92 Å². The Labute approximate surface area is 123 Å². The molecule has 1 heterocycles. The molecule has 0 aromatic carbocycles. The van der Waals surface area contributed by atoms with E-state index in [1.54, 1.807) is 0 Å². The van der Waals surface area contributed by atoms with Gasteiger partial charge in [0, 0.05) is 31.4 Å². The molecular weight excluding hydrogens is 250 g/mol. The smallest absolute Gasteiger partial charge is 0.129 e. The van der Waals surface area contributed by atoms with Gasteiger partial charge >= 0.3 is 0 Å². The fraction of sp³-hybridized carbons (Fsp3) is 0.688. The van der Waals surface area contributed by atoms with Crippen molar-refractivity contribution in [1.29, 1.82) is 0 Å². The number of aliphatic hydroxyl groups is 1. The first-order valence-corrected chi connectivity index (χ1v) is 7.67. The molecule has 0 saturated carbocycles. The van der Waals surface area contributed by atoms with E-state index < -0.39 is 0 Å². The molecule has 0 bridgehead atoms. The van der Waals surface area contributed by atoms with Gasteiger partial charge in [-0.3, -0.25) is 0 Å². The van der Waals surface area contributed by atoms with Crippen molar-refractivity contribution in [2.75, 3.05) is 24.6 Å². The van der Waals surface area contributed by atoms with E-state index in [1.807, 2.05) is 6.20 Å². The highest BCUT2D eigenvalue weighted by Gasteiger charge is 2.13. The predicted octanol–water partition coefficient (Wildman–Crippen LogP) is 2.74. The second-order valence-electron chi connectivity index (χ2n) is 5.49. The quantitative estimate of drug-likeness (QED) is 0.730. The van der Waals surface area contributed by atoms with Crippen LogP contribution in [0.15, 0.2) is 18.3 Å². The highest BCUT2D eigenvalue weighted by Crippen LogP contribution is 2.20. The van der Waals surface area contributed by atoms with E-state index in [4.69, 9.17) is 5.11 Å². The number of nitrogens with zero attached hydrogens (tertiary/aromatic N) is 2. The molecule has 1 atom stereocenters. The summed E-state index contributed by atoms with van der Waals surface area (Å²) in [6.45, 7) is 10.8. The molecule has 0 amide bonds. The van der Waals surface area contributed by atoms with E-state index in [0.717, 1.165) is 31.7 Å². The van der Waals surface area contributed by atoms with Crippen molar-refractivity contribution in [3.05, 3.63) is 23.9 Å². The molecule has 0 aliphatic rings. The van der Waals surface area contributed by atoms with Crippen LogP contribution in [0.5, 0.6) is 0 Å². The van der Waals surface area contributed by atoms with E-state index in [-0.39, 0.29) is 6.61 Å². The van der Waals surface area contributed by atoms with Crippen molar-refractivity contribution in [2.45, 2.75) is 52.6 Å². The number of hydrogen-bond donors (Lipinski definition) is 2. The zero-order valence-corrected chi connectivity index (χ0v) is 13.3. The van der Waals surface area contributed by atoms with E-state index >= 15 is 0 Å². The normalized spacial score (nSPS) is 12.7. The van der Waals surface area contributed by atoms with E-state index in [2.05, 4.69) is 55.0 Å². The van der Waals surface area contributed by atoms with Gasteiger partial charge in [0.25, 0.3) is 0 Å². The number of rotatable bonds is 9. The second-order valence-corrected chi connectivity index (χ2v) is 5.49. The SMILES string of the molecule is CCCNC(C)c1ccnc(N(CCCO)C(C)C)c1. The maximum Gasteiger partial charge on any atom is 0.129 e. The average Bonchev–Trinajstić information content (AvgIpc) is 2.45. The first-order valence-electron chi connectivity index (χ1n) is 7.67. The lowest BCUT2D eigenvalue weighted by molar-refractivity contribution is 0.288. The Morgan fingerprint density at radius 3 is 2.70 bits per heavy atom. The molecule has 0 aliphatic heterocycles. The average molecular weight is 279 g/mol. The van der Waals surface area contributed by atoms with Gasteiger partial charge in [0.15, 0.2) is 0 Å². The van der Waals surface area contributed by atoms with E-state index in [1.165, 1.54) is 5.56 Å². The van der Waals surface area contributed by atoms with Gasteiger partial charge in [-0.2, -0.15) is 0 Å². The van der Waals surface area contributed by atoms with Crippen LogP contribution >= 0.6 is 0 Å². The summed E-state index contributed by atoms with van der Waals surface area (Å²) in [6.07, 6.45) is 3.79. The van der Waals surface area contributed by atoms with Crippen LogP contribution in [0.25, 0.3) is 0 Å². The Morgan fingerprint density at radius 1 is 1.35 bits per heavy atom. The van der Waals surface area contributed by atoms with Crippen molar-refractivity contribution in [1.82, 2.24) is 10.3 Å². The summed E-state index contributed by atoms with van der Waals surface area (Å²) in [4.78, 5) is 6.74. The summed E-state index contributed by atoms with van der Waals surface area (Å²) in [5, 5.41) is 12.5. The number of anilines is 1. The topological polar surface area (TPSA) is 48.4 Å². The lowest BCUT2D eigenvalue weighted by atomic mass is 10.1. The van der Waals surface area contributed by atoms with Gasteiger partial charge in [0.05, 0.1) is 0 Å². The van der Waals surface area contributed by atoms with Gasteiger partial charge in [0.1, 0.15) is 5.82 Å². The van der Waals surface area contributed by atoms with Crippen molar-refractivity contribution < 1.29 is 5.11 Å². The number of nitrogens with one attached hydrogen (secondary N) is 1. The van der Waals surface area contributed by atoms with Gasteiger partial charge in [-0.25, -0.2) is 4.98 Å². The van der Waals surface area contributed by atoms with Gasteiger partial charge in [-0.05, 0) is 57.9 Å². The minimum atomic E-state index is 0.220. The van der Waals surface area contributed by atoms with Crippen molar-refractivity contribution in [2.24, 2.45) is 0 Å². The Hall–Kier alpha value is -1.13. The fourth-order valence-electron chi connectivity index (χ4n) is 2.22. The summed E-state index contributed by atoms with van der Waals surface area (Å²) >= 11 is 0. The highest BCUT2D eigenvalue weighted by atomic mass is 16.3. The van der Waals surface area contributed by atoms with Crippen LogP contribution in [-0.2, 0) is 0 Å². The summed E-state index contributed by atoms with van der Waals surface area (Å²) in [5.41, 5.74) is 1.26. The summed E-state index contributed by atoms with van der Waals surface area (Å²) in [6, 6.07) is 4.94. The highest BCUT2D eigenvalue weighted by molar-refractivity contribution is 5.42. The third kappa shape index (κ3) is 5.10. The maximum absolute atomic E-state index is 9.03. The standard InChI is InChI=1S/C16H29N3O/c1-5-8-17-14(4)15-7-9-18-16(12-15)19(13(2)3)10-6-11-20/h7,9,12-14,17,20H,5-6,8,10-11H2,1-4H3. The zero-order valence-electron chi connectivity index (χ0n) is 13.3.